The third-order valence-electron chi connectivity index (χ3n) is 6.71. The van der Waals surface area contributed by atoms with Gasteiger partial charge in [-0.15, -0.1) is 0 Å². The van der Waals surface area contributed by atoms with Gasteiger partial charge in [-0.3, -0.25) is 4.98 Å². The average Bonchev–Trinajstić information content (AvgIpc) is 2.82. The summed E-state index contributed by atoms with van der Waals surface area (Å²) in [7, 11) is 1.52. The molecule has 4 rings (SSSR count). The molecular formula is C26H32ClN3O2. The van der Waals surface area contributed by atoms with Crippen molar-refractivity contribution >= 4 is 28.2 Å². The van der Waals surface area contributed by atoms with Crippen LogP contribution in [0.1, 0.15) is 39.5 Å². The zero-order valence-corrected chi connectivity index (χ0v) is 19.8. The van der Waals surface area contributed by atoms with Crippen LogP contribution in [0.5, 0.6) is 11.5 Å². The van der Waals surface area contributed by atoms with Crippen molar-refractivity contribution < 1.29 is 9.84 Å². The predicted octanol–water partition coefficient (Wildman–Crippen LogP) is 6.33. The number of aromatic nitrogens is 1. The molecule has 0 aliphatic heterocycles. The number of phenolic OH excluding ortho intramolecular Hbond substituents is 1. The number of benzene rings is 2. The molecule has 0 radical (unpaired) electrons. The van der Waals surface area contributed by atoms with Crippen LogP contribution < -0.4 is 10.1 Å². The SMILES string of the molecule is CCN(CC)C1CCC(Nc2ccnc3ccc(-c4cc(Cl)c(O)c(OC)c4)cc23)CC1. The molecule has 1 fully saturated rings. The fourth-order valence-corrected chi connectivity index (χ4v) is 5.10. The van der Waals surface area contributed by atoms with Crippen LogP contribution in [-0.2, 0) is 0 Å². The van der Waals surface area contributed by atoms with Gasteiger partial charge < -0.3 is 20.1 Å². The summed E-state index contributed by atoms with van der Waals surface area (Å²) in [6, 6.07) is 13.0. The van der Waals surface area contributed by atoms with Crippen LogP contribution in [0.15, 0.2) is 42.6 Å². The molecular weight excluding hydrogens is 422 g/mol. The van der Waals surface area contributed by atoms with Crippen molar-refractivity contribution in [3.8, 4) is 22.6 Å². The summed E-state index contributed by atoms with van der Waals surface area (Å²) in [5, 5.41) is 15.2. The zero-order chi connectivity index (χ0) is 22.7. The average molecular weight is 454 g/mol. The lowest BCUT2D eigenvalue weighted by Gasteiger charge is -2.36. The maximum absolute atomic E-state index is 10.1. The van der Waals surface area contributed by atoms with E-state index in [4.69, 9.17) is 16.3 Å². The molecule has 1 aliphatic carbocycles. The second-order valence-corrected chi connectivity index (χ2v) is 8.88. The number of aromatic hydroxyl groups is 1. The van der Waals surface area contributed by atoms with Gasteiger partial charge in [0.25, 0.3) is 0 Å². The standard InChI is InChI=1S/C26H32ClN3O2/c1-4-30(5-2)20-9-7-19(8-10-20)29-24-12-13-28-23-11-6-17(14-21(23)24)18-15-22(27)26(31)25(16-18)32-3/h6,11-16,19-20,31H,4-5,7-10H2,1-3H3,(H,28,29). The Morgan fingerprint density at radius 2 is 1.81 bits per heavy atom. The summed E-state index contributed by atoms with van der Waals surface area (Å²) in [4.78, 5) is 7.14. The lowest BCUT2D eigenvalue weighted by atomic mass is 9.89. The summed E-state index contributed by atoms with van der Waals surface area (Å²) in [6.07, 6.45) is 6.69. The summed E-state index contributed by atoms with van der Waals surface area (Å²) in [5.74, 6) is 0.324. The fourth-order valence-electron chi connectivity index (χ4n) is 4.89. The third kappa shape index (κ3) is 4.64. The molecule has 0 bridgehead atoms. The molecule has 2 N–H and O–H groups in total. The van der Waals surface area contributed by atoms with E-state index in [2.05, 4.69) is 41.2 Å². The molecule has 1 aromatic heterocycles. The lowest BCUT2D eigenvalue weighted by molar-refractivity contribution is 0.167. The van der Waals surface area contributed by atoms with Gasteiger partial charge >= 0.3 is 0 Å². The number of hydrogen-bond acceptors (Lipinski definition) is 5. The van der Waals surface area contributed by atoms with Gasteiger partial charge in [0.1, 0.15) is 0 Å². The molecule has 170 valence electrons. The minimum Gasteiger partial charge on any atom is -0.503 e. The van der Waals surface area contributed by atoms with Crippen LogP contribution in [0, 0.1) is 0 Å². The smallest absolute Gasteiger partial charge is 0.176 e. The van der Waals surface area contributed by atoms with E-state index in [1.165, 1.54) is 32.8 Å². The van der Waals surface area contributed by atoms with E-state index in [0.717, 1.165) is 40.8 Å². The monoisotopic (exact) mass is 453 g/mol. The fraction of sp³-hybridized carbons (Fsp3) is 0.423. The van der Waals surface area contributed by atoms with Crippen LogP contribution >= 0.6 is 11.6 Å². The number of methoxy groups -OCH3 is 1. The van der Waals surface area contributed by atoms with Crippen molar-refractivity contribution in [3.63, 3.8) is 0 Å². The van der Waals surface area contributed by atoms with Gasteiger partial charge in [-0.05, 0) is 80.2 Å². The Bertz CT molecular complexity index is 1080. The molecule has 1 heterocycles. The molecule has 0 spiro atoms. The van der Waals surface area contributed by atoms with Gasteiger partial charge in [0.05, 0.1) is 17.6 Å². The van der Waals surface area contributed by atoms with Gasteiger partial charge in [-0.1, -0.05) is 31.5 Å². The van der Waals surface area contributed by atoms with Gasteiger partial charge in [0, 0.05) is 29.4 Å². The Balaban J connectivity index is 1.58. The van der Waals surface area contributed by atoms with Gasteiger partial charge in [-0.25, -0.2) is 0 Å². The molecule has 0 unspecified atom stereocenters. The van der Waals surface area contributed by atoms with E-state index in [1.807, 2.05) is 18.3 Å². The Morgan fingerprint density at radius 1 is 1.06 bits per heavy atom. The van der Waals surface area contributed by atoms with Crippen LogP contribution in [0.25, 0.3) is 22.0 Å². The Labute approximate surface area is 195 Å². The number of halogens is 1. The number of ether oxygens (including phenoxy) is 1. The Hall–Kier alpha value is -2.50. The molecule has 1 saturated carbocycles. The normalized spacial score (nSPS) is 18.8. The highest BCUT2D eigenvalue weighted by Gasteiger charge is 2.24. The summed E-state index contributed by atoms with van der Waals surface area (Å²) < 4.78 is 5.28. The molecule has 0 amide bonds. The minimum atomic E-state index is -0.0388. The number of fused-ring (bicyclic) bond motifs is 1. The number of phenols is 1. The minimum absolute atomic E-state index is 0.0388. The van der Waals surface area contributed by atoms with Crippen molar-refractivity contribution in [1.82, 2.24) is 9.88 Å². The van der Waals surface area contributed by atoms with Crippen LogP contribution in [0.3, 0.4) is 0 Å². The number of pyridine rings is 1. The maximum atomic E-state index is 10.1. The number of nitrogens with one attached hydrogen (secondary N) is 1. The molecule has 1 aliphatic rings. The second-order valence-electron chi connectivity index (χ2n) is 8.47. The first kappa shape index (κ1) is 22.7. The first-order chi connectivity index (χ1) is 15.5. The third-order valence-corrected chi connectivity index (χ3v) is 7.00. The molecule has 2 aromatic carbocycles. The Morgan fingerprint density at radius 3 is 2.50 bits per heavy atom. The number of nitrogens with zero attached hydrogens (tertiary/aromatic N) is 2. The highest BCUT2D eigenvalue weighted by atomic mass is 35.5. The largest absolute Gasteiger partial charge is 0.503 e. The topological polar surface area (TPSA) is 57.6 Å². The maximum Gasteiger partial charge on any atom is 0.176 e. The van der Waals surface area contributed by atoms with Gasteiger partial charge in [0.15, 0.2) is 11.5 Å². The Kier molecular flexibility index (Phi) is 7.07. The van der Waals surface area contributed by atoms with Gasteiger partial charge in [-0.2, -0.15) is 0 Å². The molecule has 32 heavy (non-hydrogen) atoms. The highest BCUT2D eigenvalue weighted by Crippen LogP contribution is 2.39. The van der Waals surface area contributed by atoms with Crippen LogP contribution in [-0.4, -0.2) is 47.3 Å². The zero-order valence-electron chi connectivity index (χ0n) is 19.1. The molecule has 0 saturated heterocycles. The highest BCUT2D eigenvalue weighted by molar-refractivity contribution is 6.32. The number of hydrogen-bond donors (Lipinski definition) is 2. The second kappa shape index (κ2) is 9.97. The summed E-state index contributed by atoms with van der Waals surface area (Å²) in [6.45, 7) is 6.77. The van der Waals surface area contributed by atoms with E-state index >= 15 is 0 Å². The van der Waals surface area contributed by atoms with Crippen LogP contribution in [0.2, 0.25) is 5.02 Å². The van der Waals surface area contributed by atoms with Crippen molar-refractivity contribution in [1.29, 1.82) is 0 Å². The van der Waals surface area contributed by atoms with Crippen molar-refractivity contribution in [2.45, 2.75) is 51.6 Å². The van der Waals surface area contributed by atoms with E-state index < -0.39 is 0 Å². The van der Waals surface area contributed by atoms with Gasteiger partial charge in [0.2, 0.25) is 0 Å². The van der Waals surface area contributed by atoms with E-state index in [0.29, 0.717) is 17.8 Å². The number of anilines is 1. The van der Waals surface area contributed by atoms with E-state index in [-0.39, 0.29) is 10.8 Å². The number of rotatable bonds is 7. The van der Waals surface area contributed by atoms with Crippen molar-refractivity contribution in [3.05, 3.63) is 47.6 Å². The molecule has 0 atom stereocenters. The molecule has 6 heteroatoms. The van der Waals surface area contributed by atoms with Crippen molar-refractivity contribution in [2.75, 3.05) is 25.5 Å². The van der Waals surface area contributed by atoms with E-state index in [1.54, 1.807) is 12.1 Å². The quantitative estimate of drug-likeness (QED) is 0.437. The molecule has 5 nitrogen and oxygen atoms in total. The summed E-state index contributed by atoms with van der Waals surface area (Å²) >= 11 is 6.22. The molecule has 3 aromatic rings. The van der Waals surface area contributed by atoms with Crippen molar-refractivity contribution in [2.24, 2.45) is 0 Å². The van der Waals surface area contributed by atoms with Crippen LogP contribution in [0.4, 0.5) is 5.69 Å². The summed E-state index contributed by atoms with van der Waals surface area (Å²) in [5.41, 5.74) is 3.95. The predicted molar refractivity (Wildman–Crippen MR) is 133 cm³/mol. The first-order valence-corrected chi connectivity index (χ1v) is 11.9. The van der Waals surface area contributed by atoms with E-state index in [9.17, 15) is 5.11 Å². The first-order valence-electron chi connectivity index (χ1n) is 11.5. The lowest BCUT2D eigenvalue weighted by Crippen LogP contribution is -2.40.